The molecule has 1 heterocycles. The van der Waals surface area contributed by atoms with Crippen LogP contribution in [0.3, 0.4) is 0 Å². The molecule has 20 heavy (non-hydrogen) atoms. The highest BCUT2D eigenvalue weighted by Gasteiger charge is 2.06. The monoisotopic (exact) mass is 291 g/mol. The highest BCUT2D eigenvalue weighted by atomic mass is 32.1. The third-order valence-electron chi connectivity index (χ3n) is 3.07. The summed E-state index contributed by atoms with van der Waals surface area (Å²) in [6.07, 6.45) is 0.556. The Kier molecular flexibility index (Phi) is 6.05. The first-order valence-corrected chi connectivity index (χ1v) is 7.79. The lowest BCUT2D eigenvalue weighted by Gasteiger charge is -2.13. The summed E-state index contributed by atoms with van der Waals surface area (Å²) in [5, 5.41) is 15.3. The van der Waals surface area contributed by atoms with Crippen LogP contribution in [0.1, 0.15) is 17.4 Å². The maximum absolute atomic E-state index is 9.88. The second-order valence-electron chi connectivity index (χ2n) is 4.63. The number of nitrogens with one attached hydrogen (secondary N) is 1. The van der Waals surface area contributed by atoms with E-state index < -0.39 is 6.10 Å². The number of thiophene rings is 1. The van der Waals surface area contributed by atoms with Crippen LogP contribution in [0, 0.1) is 0 Å². The highest BCUT2D eigenvalue weighted by molar-refractivity contribution is 7.10. The molecule has 4 heteroatoms. The molecule has 2 aromatic rings. The van der Waals surface area contributed by atoms with Crippen molar-refractivity contribution in [2.75, 3.05) is 13.2 Å². The van der Waals surface area contributed by atoms with Crippen molar-refractivity contribution in [3.8, 4) is 5.75 Å². The molecule has 2 rings (SSSR count). The van der Waals surface area contributed by atoms with Crippen molar-refractivity contribution in [1.82, 2.24) is 5.32 Å². The highest BCUT2D eigenvalue weighted by Crippen LogP contribution is 2.16. The number of ether oxygens (including phenoxy) is 1. The molecule has 1 unspecified atom stereocenters. The van der Waals surface area contributed by atoms with Crippen molar-refractivity contribution in [3.05, 3.63) is 52.2 Å². The van der Waals surface area contributed by atoms with Gasteiger partial charge in [-0.25, -0.2) is 0 Å². The first kappa shape index (κ1) is 15.0. The molecule has 0 aliphatic heterocycles. The molecule has 0 saturated carbocycles. The van der Waals surface area contributed by atoms with Crippen molar-refractivity contribution in [3.63, 3.8) is 0 Å². The Bertz CT molecular complexity index is 498. The number of para-hydroxylation sites is 1. The fraction of sp³-hybridized carbons (Fsp3) is 0.375. The van der Waals surface area contributed by atoms with Crippen molar-refractivity contribution in [2.45, 2.75) is 26.0 Å². The number of benzene rings is 1. The van der Waals surface area contributed by atoms with Crippen molar-refractivity contribution < 1.29 is 9.84 Å². The molecule has 0 saturated heterocycles. The van der Waals surface area contributed by atoms with Crippen molar-refractivity contribution in [1.29, 1.82) is 0 Å². The average Bonchev–Trinajstić information content (AvgIpc) is 2.94. The molecule has 0 spiro atoms. The molecule has 0 radical (unpaired) electrons. The van der Waals surface area contributed by atoms with Gasteiger partial charge in [0.25, 0.3) is 0 Å². The van der Waals surface area contributed by atoms with Crippen LogP contribution in [-0.2, 0) is 13.0 Å². The SMILES string of the molecule is CCc1ccsc1CNCC(O)COc1ccccc1. The van der Waals surface area contributed by atoms with E-state index in [9.17, 15) is 5.11 Å². The fourth-order valence-corrected chi connectivity index (χ4v) is 2.90. The molecule has 0 aliphatic rings. The summed E-state index contributed by atoms with van der Waals surface area (Å²) in [5.74, 6) is 0.790. The van der Waals surface area contributed by atoms with Gasteiger partial charge in [0.05, 0.1) is 0 Å². The second-order valence-corrected chi connectivity index (χ2v) is 5.63. The number of hydrogen-bond acceptors (Lipinski definition) is 4. The molecule has 0 aliphatic carbocycles. The summed E-state index contributed by atoms with van der Waals surface area (Å²) in [6, 6.07) is 11.7. The Morgan fingerprint density at radius 1 is 1.25 bits per heavy atom. The maximum Gasteiger partial charge on any atom is 0.119 e. The zero-order chi connectivity index (χ0) is 14.2. The number of aryl methyl sites for hydroxylation is 1. The van der Waals surface area contributed by atoms with E-state index in [-0.39, 0.29) is 0 Å². The van der Waals surface area contributed by atoms with E-state index >= 15 is 0 Å². The van der Waals surface area contributed by atoms with Crippen LogP contribution in [-0.4, -0.2) is 24.4 Å². The zero-order valence-electron chi connectivity index (χ0n) is 11.7. The van der Waals surface area contributed by atoms with Crippen LogP contribution in [0.2, 0.25) is 0 Å². The lowest BCUT2D eigenvalue weighted by atomic mass is 10.2. The van der Waals surface area contributed by atoms with E-state index in [1.54, 1.807) is 11.3 Å². The van der Waals surface area contributed by atoms with E-state index in [2.05, 4.69) is 23.7 Å². The summed E-state index contributed by atoms with van der Waals surface area (Å²) < 4.78 is 5.51. The number of hydrogen-bond donors (Lipinski definition) is 2. The molecule has 2 N–H and O–H groups in total. The molecule has 1 atom stereocenters. The third kappa shape index (κ3) is 4.63. The fourth-order valence-electron chi connectivity index (χ4n) is 1.96. The number of rotatable bonds is 8. The van der Waals surface area contributed by atoms with Gasteiger partial charge in [0.1, 0.15) is 18.5 Å². The first-order chi connectivity index (χ1) is 9.79. The normalized spacial score (nSPS) is 12.3. The van der Waals surface area contributed by atoms with Crippen LogP contribution in [0.4, 0.5) is 0 Å². The number of aliphatic hydroxyl groups excluding tert-OH is 1. The van der Waals surface area contributed by atoms with E-state index in [4.69, 9.17) is 4.74 Å². The van der Waals surface area contributed by atoms with Gasteiger partial charge in [-0.2, -0.15) is 0 Å². The van der Waals surface area contributed by atoms with Crippen molar-refractivity contribution >= 4 is 11.3 Å². The zero-order valence-corrected chi connectivity index (χ0v) is 12.5. The van der Waals surface area contributed by atoms with Gasteiger partial charge in [0.15, 0.2) is 0 Å². The van der Waals surface area contributed by atoms with Gasteiger partial charge in [0.2, 0.25) is 0 Å². The second kappa shape index (κ2) is 8.04. The van der Waals surface area contributed by atoms with Crippen LogP contribution >= 0.6 is 11.3 Å². The van der Waals surface area contributed by atoms with Crippen LogP contribution in [0.25, 0.3) is 0 Å². The third-order valence-corrected chi connectivity index (χ3v) is 4.03. The average molecular weight is 291 g/mol. The topological polar surface area (TPSA) is 41.5 Å². The lowest BCUT2D eigenvalue weighted by Crippen LogP contribution is -2.31. The van der Waals surface area contributed by atoms with Crippen LogP contribution in [0.15, 0.2) is 41.8 Å². The van der Waals surface area contributed by atoms with Gasteiger partial charge >= 0.3 is 0 Å². The minimum Gasteiger partial charge on any atom is -0.491 e. The van der Waals surface area contributed by atoms with Gasteiger partial charge in [-0.15, -0.1) is 11.3 Å². The molecular weight excluding hydrogens is 270 g/mol. The summed E-state index contributed by atoms with van der Waals surface area (Å²) >= 11 is 1.76. The molecule has 1 aromatic heterocycles. The van der Waals surface area contributed by atoms with Gasteiger partial charge in [-0.3, -0.25) is 0 Å². The Hall–Kier alpha value is -1.36. The van der Waals surface area contributed by atoms with Gasteiger partial charge in [-0.1, -0.05) is 25.1 Å². The molecule has 0 fully saturated rings. The smallest absolute Gasteiger partial charge is 0.119 e. The summed E-state index contributed by atoms with van der Waals surface area (Å²) in [6.45, 7) is 3.81. The molecule has 0 bridgehead atoms. The molecule has 0 amide bonds. The Labute approximate surface area is 124 Å². The molecule has 1 aromatic carbocycles. The van der Waals surface area contributed by atoms with Gasteiger partial charge in [0, 0.05) is 18.0 Å². The minimum atomic E-state index is -0.500. The Balaban J connectivity index is 1.66. The van der Waals surface area contributed by atoms with Crippen LogP contribution < -0.4 is 10.1 Å². The van der Waals surface area contributed by atoms with E-state index in [0.29, 0.717) is 13.2 Å². The maximum atomic E-state index is 9.88. The predicted molar refractivity (Wildman–Crippen MR) is 83.3 cm³/mol. The summed E-state index contributed by atoms with van der Waals surface area (Å²) in [7, 11) is 0. The quantitative estimate of drug-likeness (QED) is 0.786. The summed E-state index contributed by atoms with van der Waals surface area (Å²) in [5.41, 5.74) is 1.39. The standard InChI is InChI=1S/C16H21NO2S/c1-2-13-8-9-20-16(13)11-17-10-14(18)12-19-15-6-4-3-5-7-15/h3-9,14,17-18H,2,10-12H2,1H3. The van der Waals surface area contributed by atoms with Crippen molar-refractivity contribution in [2.24, 2.45) is 0 Å². The Morgan fingerprint density at radius 2 is 2.05 bits per heavy atom. The molecular formula is C16H21NO2S. The van der Waals surface area contributed by atoms with Crippen LogP contribution in [0.5, 0.6) is 5.75 Å². The first-order valence-electron chi connectivity index (χ1n) is 6.91. The van der Waals surface area contributed by atoms with Gasteiger partial charge in [-0.05, 0) is 35.6 Å². The van der Waals surface area contributed by atoms with E-state index in [0.717, 1.165) is 18.7 Å². The Morgan fingerprint density at radius 3 is 2.80 bits per heavy atom. The van der Waals surface area contributed by atoms with E-state index in [1.807, 2.05) is 30.3 Å². The molecule has 3 nitrogen and oxygen atoms in total. The number of aliphatic hydroxyl groups is 1. The largest absolute Gasteiger partial charge is 0.491 e. The van der Waals surface area contributed by atoms with E-state index in [1.165, 1.54) is 10.4 Å². The summed E-state index contributed by atoms with van der Waals surface area (Å²) in [4.78, 5) is 1.35. The van der Waals surface area contributed by atoms with Gasteiger partial charge < -0.3 is 15.2 Å². The lowest BCUT2D eigenvalue weighted by molar-refractivity contribution is 0.106. The predicted octanol–water partition coefficient (Wildman–Crippen LogP) is 2.84. The minimum absolute atomic E-state index is 0.308. The molecule has 108 valence electrons.